The summed E-state index contributed by atoms with van der Waals surface area (Å²) in [5, 5.41) is 6.03. The maximum atomic E-state index is 11.7. The molecule has 1 atom stereocenters. The van der Waals surface area contributed by atoms with Crippen molar-refractivity contribution in [3.8, 4) is 0 Å². The molecule has 1 fully saturated rings. The van der Waals surface area contributed by atoms with Gasteiger partial charge < -0.3 is 4.74 Å². The lowest BCUT2D eigenvalue weighted by atomic mass is 10.2. The van der Waals surface area contributed by atoms with E-state index in [1.807, 2.05) is 6.92 Å². The first-order chi connectivity index (χ1) is 10.7. The van der Waals surface area contributed by atoms with Gasteiger partial charge in [-0.15, -0.1) is 22.7 Å². The van der Waals surface area contributed by atoms with Crippen molar-refractivity contribution in [1.29, 1.82) is 0 Å². The zero-order valence-electron chi connectivity index (χ0n) is 12.7. The number of nitrogens with zero attached hydrogens (tertiary/aromatic N) is 3. The van der Waals surface area contributed by atoms with Crippen molar-refractivity contribution < 1.29 is 9.53 Å². The molecule has 0 spiro atoms. The summed E-state index contributed by atoms with van der Waals surface area (Å²) in [5.41, 5.74) is 1.55. The molecule has 3 rings (SSSR count). The normalized spacial score (nSPS) is 18.7. The van der Waals surface area contributed by atoms with E-state index < -0.39 is 0 Å². The minimum Gasteiger partial charge on any atom is -0.461 e. The zero-order chi connectivity index (χ0) is 15.5. The summed E-state index contributed by atoms with van der Waals surface area (Å²) in [6, 6.07) is 0.287. The predicted molar refractivity (Wildman–Crippen MR) is 87.3 cm³/mol. The average Bonchev–Trinajstić information content (AvgIpc) is 3.20. The Morgan fingerprint density at radius 1 is 1.41 bits per heavy atom. The Labute approximate surface area is 138 Å². The molecule has 0 aromatic carbocycles. The summed E-state index contributed by atoms with van der Waals surface area (Å²) in [5.74, 6) is -0.329. The van der Waals surface area contributed by atoms with Crippen LogP contribution < -0.4 is 0 Å². The fraction of sp³-hybridized carbons (Fsp3) is 0.533. The van der Waals surface area contributed by atoms with Gasteiger partial charge in [-0.3, -0.25) is 4.90 Å². The van der Waals surface area contributed by atoms with E-state index in [1.165, 1.54) is 0 Å². The smallest absolute Gasteiger partial charge is 0.357 e. The van der Waals surface area contributed by atoms with Crippen molar-refractivity contribution >= 4 is 28.6 Å². The Kier molecular flexibility index (Phi) is 4.85. The molecular formula is C15H19N3O2S2. The molecule has 0 bridgehead atoms. The van der Waals surface area contributed by atoms with E-state index in [9.17, 15) is 4.79 Å². The van der Waals surface area contributed by atoms with E-state index in [2.05, 4.69) is 20.2 Å². The summed E-state index contributed by atoms with van der Waals surface area (Å²) >= 11 is 3.24. The first-order valence-corrected chi connectivity index (χ1v) is 9.21. The molecule has 2 aromatic heterocycles. The standard InChI is InChI=1S/C15H19N3O2S2/c1-3-20-15(19)12-9-22-14(17-12)13-5-4-6-18(13)7-11-8-21-10(2)16-11/h8-9,13H,3-7H2,1-2H3/t13-/m0/s1. The first-order valence-electron chi connectivity index (χ1n) is 7.45. The van der Waals surface area contributed by atoms with Crippen LogP contribution in [0.15, 0.2) is 10.8 Å². The van der Waals surface area contributed by atoms with E-state index in [1.54, 1.807) is 35.0 Å². The number of esters is 1. The summed E-state index contributed by atoms with van der Waals surface area (Å²) in [4.78, 5) is 23.2. The van der Waals surface area contributed by atoms with Crippen molar-refractivity contribution in [3.05, 3.63) is 32.2 Å². The van der Waals surface area contributed by atoms with Crippen LogP contribution in [0.1, 0.15) is 52.0 Å². The maximum Gasteiger partial charge on any atom is 0.357 e. The van der Waals surface area contributed by atoms with Gasteiger partial charge in [-0.25, -0.2) is 14.8 Å². The number of ether oxygens (including phenoxy) is 1. The van der Waals surface area contributed by atoms with Crippen LogP contribution >= 0.6 is 22.7 Å². The number of hydrogen-bond acceptors (Lipinski definition) is 7. The molecule has 0 amide bonds. The van der Waals surface area contributed by atoms with Crippen molar-refractivity contribution in [2.45, 2.75) is 39.3 Å². The molecule has 0 unspecified atom stereocenters. The molecule has 0 radical (unpaired) electrons. The minimum atomic E-state index is -0.329. The van der Waals surface area contributed by atoms with Gasteiger partial charge >= 0.3 is 5.97 Å². The largest absolute Gasteiger partial charge is 0.461 e. The number of aromatic nitrogens is 2. The van der Waals surface area contributed by atoms with E-state index in [4.69, 9.17) is 4.74 Å². The molecule has 22 heavy (non-hydrogen) atoms. The van der Waals surface area contributed by atoms with Crippen LogP contribution in [0, 0.1) is 6.92 Å². The Balaban J connectivity index is 1.71. The summed E-state index contributed by atoms with van der Waals surface area (Å²) < 4.78 is 5.01. The second-order valence-electron chi connectivity index (χ2n) is 5.28. The molecule has 7 heteroatoms. The molecule has 118 valence electrons. The quantitative estimate of drug-likeness (QED) is 0.783. The number of likely N-dealkylation sites (tertiary alicyclic amines) is 1. The summed E-state index contributed by atoms with van der Waals surface area (Å²) in [6.45, 7) is 6.12. The van der Waals surface area contributed by atoms with E-state index in [0.717, 1.165) is 41.6 Å². The first kappa shape index (κ1) is 15.6. The average molecular weight is 337 g/mol. The summed E-state index contributed by atoms with van der Waals surface area (Å²) in [7, 11) is 0. The van der Waals surface area contributed by atoms with E-state index in [0.29, 0.717) is 12.3 Å². The number of thiazole rings is 2. The lowest BCUT2D eigenvalue weighted by Crippen LogP contribution is -2.23. The number of hydrogen-bond donors (Lipinski definition) is 0. The summed E-state index contributed by atoms with van der Waals surface area (Å²) in [6.07, 6.45) is 2.24. The van der Waals surface area contributed by atoms with Crippen molar-refractivity contribution in [2.75, 3.05) is 13.2 Å². The topological polar surface area (TPSA) is 55.3 Å². The fourth-order valence-corrected chi connectivity index (χ4v) is 4.28. The Morgan fingerprint density at radius 3 is 3.00 bits per heavy atom. The van der Waals surface area contributed by atoms with Crippen LogP contribution in [-0.2, 0) is 11.3 Å². The van der Waals surface area contributed by atoms with E-state index in [-0.39, 0.29) is 12.0 Å². The predicted octanol–water partition coefficient (Wildman–Crippen LogP) is 3.42. The number of carbonyl (C=O) groups excluding carboxylic acids is 1. The SMILES string of the molecule is CCOC(=O)c1csc([C@@H]2CCCN2Cc2csc(C)n2)n1. The van der Waals surface area contributed by atoms with Gasteiger partial charge in [0.25, 0.3) is 0 Å². The molecular weight excluding hydrogens is 318 g/mol. The third kappa shape index (κ3) is 3.37. The van der Waals surface area contributed by atoms with Gasteiger partial charge in [-0.05, 0) is 33.2 Å². The van der Waals surface area contributed by atoms with Crippen LogP contribution in [0.3, 0.4) is 0 Å². The monoisotopic (exact) mass is 337 g/mol. The van der Waals surface area contributed by atoms with Crippen LogP contribution in [0.2, 0.25) is 0 Å². The minimum absolute atomic E-state index is 0.287. The fourth-order valence-electron chi connectivity index (χ4n) is 2.72. The van der Waals surface area contributed by atoms with Crippen molar-refractivity contribution in [3.63, 3.8) is 0 Å². The third-order valence-corrected chi connectivity index (χ3v) is 5.46. The van der Waals surface area contributed by atoms with Crippen LogP contribution in [0.5, 0.6) is 0 Å². The molecule has 2 aromatic rings. The second-order valence-corrected chi connectivity index (χ2v) is 7.23. The lowest BCUT2D eigenvalue weighted by molar-refractivity contribution is 0.0520. The molecule has 3 heterocycles. The molecule has 5 nitrogen and oxygen atoms in total. The van der Waals surface area contributed by atoms with Gasteiger partial charge in [-0.2, -0.15) is 0 Å². The highest BCUT2D eigenvalue weighted by Crippen LogP contribution is 2.35. The van der Waals surface area contributed by atoms with Crippen molar-refractivity contribution in [2.24, 2.45) is 0 Å². The lowest BCUT2D eigenvalue weighted by Gasteiger charge is -2.21. The van der Waals surface area contributed by atoms with Crippen LogP contribution in [0.4, 0.5) is 0 Å². The number of carbonyl (C=O) groups is 1. The highest BCUT2D eigenvalue weighted by atomic mass is 32.1. The van der Waals surface area contributed by atoms with Gasteiger partial charge in [0.2, 0.25) is 0 Å². The molecule has 0 saturated carbocycles. The Morgan fingerprint density at radius 2 is 2.27 bits per heavy atom. The number of rotatable bonds is 5. The maximum absolute atomic E-state index is 11.7. The molecule has 0 N–H and O–H groups in total. The van der Waals surface area contributed by atoms with Gasteiger partial charge in [0.15, 0.2) is 5.69 Å². The highest BCUT2D eigenvalue weighted by molar-refractivity contribution is 7.10. The Bertz CT molecular complexity index is 653. The Hall–Kier alpha value is -1.31. The third-order valence-electron chi connectivity index (χ3n) is 3.69. The van der Waals surface area contributed by atoms with Gasteiger partial charge in [0.05, 0.1) is 23.4 Å². The van der Waals surface area contributed by atoms with Crippen LogP contribution in [0.25, 0.3) is 0 Å². The number of aryl methyl sites for hydroxylation is 1. The molecule has 1 saturated heterocycles. The zero-order valence-corrected chi connectivity index (χ0v) is 14.4. The molecule has 0 aliphatic carbocycles. The second kappa shape index (κ2) is 6.85. The van der Waals surface area contributed by atoms with Gasteiger partial charge in [0.1, 0.15) is 5.01 Å². The highest BCUT2D eigenvalue weighted by Gasteiger charge is 2.29. The molecule has 1 aliphatic rings. The van der Waals surface area contributed by atoms with Crippen molar-refractivity contribution in [1.82, 2.24) is 14.9 Å². The van der Waals surface area contributed by atoms with Gasteiger partial charge in [0, 0.05) is 17.3 Å². The van der Waals surface area contributed by atoms with Gasteiger partial charge in [-0.1, -0.05) is 0 Å². The molecule has 1 aliphatic heterocycles. The van der Waals surface area contributed by atoms with Crippen LogP contribution in [-0.4, -0.2) is 34.0 Å². The van der Waals surface area contributed by atoms with E-state index >= 15 is 0 Å².